The summed E-state index contributed by atoms with van der Waals surface area (Å²) in [7, 11) is 1.55. The van der Waals surface area contributed by atoms with Crippen molar-refractivity contribution < 1.29 is 23.8 Å². The van der Waals surface area contributed by atoms with Crippen LogP contribution in [0.4, 0.5) is 5.69 Å². The van der Waals surface area contributed by atoms with E-state index in [1.165, 1.54) is 0 Å². The number of carbonyl (C=O) groups is 2. The Kier molecular flexibility index (Phi) is 8.06. The summed E-state index contributed by atoms with van der Waals surface area (Å²) in [4.78, 5) is 26.3. The summed E-state index contributed by atoms with van der Waals surface area (Å²) >= 11 is 0. The van der Waals surface area contributed by atoms with Crippen LogP contribution in [0.25, 0.3) is 0 Å². The zero-order chi connectivity index (χ0) is 19.7. The largest absolute Gasteiger partial charge is 0.484 e. The molecule has 0 aliphatic carbocycles. The number of hydrogen-bond acceptors (Lipinski definition) is 5. The lowest BCUT2D eigenvalue weighted by atomic mass is 9.97. The molecule has 7 heteroatoms. The molecule has 1 heterocycles. The van der Waals surface area contributed by atoms with Gasteiger partial charge in [0.25, 0.3) is 11.8 Å². The van der Waals surface area contributed by atoms with E-state index in [4.69, 9.17) is 14.2 Å². The lowest BCUT2D eigenvalue weighted by Gasteiger charge is -2.27. The topological polar surface area (TPSA) is 77.1 Å². The Morgan fingerprint density at radius 3 is 2.48 bits per heavy atom. The second kappa shape index (κ2) is 10.3. The van der Waals surface area contributed by atoms with E-state index < -0.39 is 5.60 Å². The smallest absolute Gasteiger partial charge is 0.260 e. The van der Waals surface area contributed by atoms with E-state index in [9.17, 15) is 9.59 Å². The number of rotatable bonds is 9. The van der Waals surface area contributed by atoms with Gasteiger partial charge < -0.3 is 24.4 Å². The summed E-state index contributed by atoms with van der Waals surface area (Å²) in [5, 5.41) is 2.88. The molecule has 0 spiro atoms. The summed E-state index contributed by atoms with van der Waals surface area (Å²) < 4.78 is 16.2. The maximum atomic E-state index is 12.5. The molecule has 1 unspecified atom stereocenters. The van der Waals surface area contributed by atoms with Crippen LogP contribution in [0.1, 0.15) is 33.1 Å². The molecule has 0 aromatic heterocycles. The third-order valence-corrected chi connectivity index (χ3v) is 4.78. The van der Waals surface area contributed by atoms with Gasteiger partial charge in [-0.3, -0.25) is 9.59 Å². The van der Waals surface area contributed by atoms with E-state index in [2.05, 4.69) is 12.2 Å². The van der Waals surface area contributed by atoms with Gasteiger partial charge in [-0.25, -0.2) is 0 Å². The summed E-state index contributed by atoms with van der Waals surface area (Å²) in [5.74, 6) is 0.354. The second-order valence-electron chi connectivity index (χ2n) is 6.80. The van der Waals surface area contributed by atoms with Gasteiger partial charge in [0.05, 0.1) is 13.2 Å². The third-order valence-electron chi connectivity index (χ3n) is 4.78. The SMILES string of the molecule is CCCCC(C)(OC)C(=O)Nc1ccc(OCC(=O)N2CCOCC2)cc1. The van der Waals surface area contributed by atoms with Crippen molar-refractivity contribution in [3.8, 4) is 5.75 Å². The summed E-state index contributed by atoms with van der Waals surface area (Å²) in [6, 6.07) is 6.97. The Bertz CT molecular complexity index is 613. The number of carbonyl (C=O) groups excluding carboxylic acids is 2. The van der Waals surface area contributed by atoms with Gasteiger partial charge in [-0.2, -0.15) is 0 Å². The first-order valence-corrected chi connectivity index (χ1v) is 9.43. The second-order valence-corrected chi connectivity index (χ2v) is 6.80. The van der Waals surface area contributed by atoms with Crippen LogP contribution in [0.15, 0.2) is 24.3 Å². The van der Waals surface area contributed by atoms with E-state index in [1.807, 2.05) is 0 Å². The number of nitrogens with one attached hydrogen (secondary N) is 1. The Morgan fingerprint density at radius 2 is 1.89 bits per heavy atom. The van der Waals surface area contributed by atoms with Crippen LogP contribution in [-0.2, 0) is 19.1 Å². The predicted octanol–water partition coefficient (Wildman–Crippen LogP) is 2.46. The molecule has 7 nitrogen and oxygen atoms in total. The van der Waals surface area contributed by atoms with Gasteiger partial charge in [-0.1, -0.05) is 19.8 Å². The van der Waals surface area contributed by atoms with Crippen LogP contribution >= 0.6 is 0 Å². The molecule has 1 N–H and O–H groups in total. The van der Waals surface area contributed by atoms with Crippen LogP contribution in [0.2, 0.25) is 0 Å². The molecule has 1 fully saturated rings. The number of benzene rings is 1. The average Bonchev–Trinajstić information content (AvgIpc) is 2.71. The van der Waals surface area contributed by atoms with Crippen molar-refractivity contribution in [1.29, 1.82) is 0 Å². The van der Waals surface area contributed by atoms with Crippen LogP contribution in [-0.4, -0.2) is 62.3 Å². The van der Waals surface area contributed by atoms with Gasteiger partial charge in [0.1, 0.15) is 11.4 Å². The lowest BCUT2D eigenvalue weighted by molar-refractivity contribution is -0.137. The fourth-order valence-corrected chi connectivity index (χ4v) is 2.77. The number of unbranched alkanes of at least 4 members (excludes halogenated alkanes) is 1. The van der Waals surface area contributed by atoms with Crippen molar-refractivity contribution in [3.63, 3.8) is 0 Å². The third kappa shape index (κ3) is 6.22. The first-order valence-electron chi connectivity index (χ1n) is 9.43. The number of amides is 2. The molecule has 1 aromatic carbocycles. The normalized spacial score (nSPS) is 16.5. The van der Waals surface area contributed by atoms with Crippen molar-refractivity contribution in [2.45, 2.75) is 38.7 Å². The molecule has 2 rings (SSSR count). The Morgan fingerprint density at radius 1 is 1.22 bits per heavy atom. The van der Waals surface area contributed by atoms with Crippen molar-refractivity contribution in [1.82, 2.24) is 4.90 Å². The number of hydrogen-bond donors (Lipinski definition) is 1. The van der Waals surface area contributed by atoms with E-state index in [0.29, 0.717) is 44.2 Å². The quantitative estimate of drug-likeness (QED) is 0.714. The molecule has 1 aliphatic heterocycles. The summed E-state index contributed by atoms with van der Waals surface area (Å²) in [6.07, 6.45) is 2.58. The first-order chi connectivity index (χ1) is 13.0. The average molecular weight is 378 g/mol. The molecule has 1 saturated heterocycles. The molecule has 0 bridgehead atoms. The number of anilines is 1. The highest BCUT2D eigenvalue weighted by molar-refractivity contribution is 5.97. The minimum absolute atomic E-state index is 0.00945. The molecule has 150 valence electrons. The maximum absolute atomic E-state index is 12.5. The van der Waals surface area contributed by atoms with Gasteiger partial charge in [-0.05, 0) is 37.6 Å². The van der Waals surface area contributed by atoms with E-state index in [-0.39, 0.29) is 18.4 Å². The van der Waals surface area contributed by atoms with Gasteiger partial charge in [0, 0.05) is 25.9 Å². The van der Waals surface area contributed by atoms with Crippen molar-refractivity contribution >= 4 is 17.5 Å². The van der Waals surface area contributed by atoms with E-state index in [1.54, 1.807) is 43.2 Å². The maximum Gasteiger partial charge on any atom is 0.260 e. The number of nitrogens with zero attached hydrogens (tertiary/aromatic N) is 1. The monoisotopic (exact) mass is 378 g/mol. The van der Waals surface area contributed by atoms with Crippen molar-refractivity contribution in [3.05, 3.63) is 24.3 Å². The van der Waals surface area contributed by atoms with Crippen LogP contribution in [0.3, 0.4) is 0 Å². The zero-order valence-electron chi connectivity index (χ0n) is 16.5. The highest BCUT2D eigenvalue weighted by atomic mass is 16.5. The van der Waals surface area contributed by atoms with E-state index >= 15 is 0 Å². The zero-order valence-corrected chi connectivity index (χ0v) is 16.5. The summed E-state index contributed by atoms with van der Waals surface area (Å²) in [6.45, 7) is 6.21. The van der Waals surface area contributed by atoms with Gasteiger partial charge in [-0.15, -0.1) is 0 Å². The molecule has 1 aromatic rings. The fraction of sp³-hybridized carbons (Fsp3) is 0.600. The van der Waals surface area contributed by atoms with E-state index in [0.717, 1.165) is 12.8 Å². The molecule has 0 radical (unpaired) electrons. The predicted molar refractivity (Wildman–Crippen MR) is 103 cm³/mol. The molecule has 2 amide bonds. The van der Waals surface area contributed by atoms with Gasteiger partial charge in [0.15, 0.2) is 6.61 Å². The number of ether oxygens (including phenoxy) is 3. The van der Waals surface area contributed by atoms with Crippen LogP contribution in [0, 0.1) is 0 Å². The first kappa shape index (κ1) is 21.2. The molecule has 1 atom stereocenters. The Hall–Kier alpha value is -2.12. The van der Waals surface area contributed by atoms with Gasteiger partial charge >= 0.3 is 0 Å². The van der Waals surface area contributed by atoms with Crippen LogP contribution < -0.4 is 10.1 Å². The highest BCUT2D eigenvalue weighted by Crippen LogP contribution is 2.22. The Labute approximate surface area is 161 Å². The van der Waals surface area contributed by atoms with Gasteiger partial charge in [0.2, 0.25) is 0 Å². The molecule has 0 saturated carbocycles. The molecular formula is C20H30N2O5. The molecule has 1 aliphatic rings. The Balaban J connectivity index is 1.85. The number of morpholine rings is 1. The summed E-state index contributed by atoms with van der Waals surface area (Å²) in [5.41, 5.74) is -0.193. The van der Waals surface area contributed by atoms with Crippen molar-refractivity contribution in [2.75, 3.05) is 45.3 Å². The minimum Gasteiger partial charge on any atom is -0.484 e. The fourth-order valence-electron chi connectivity index (χ4n) is 2.77. The highest BCUT2D eigenvalue weighted by Gasteiger charge is 2.32. The minimum atomic E-state index is -0.851. The van der Waals surface area contributed by atoms with Crippen molar-refractivity contribution in [2.24, 2.45) is 0 Å². The molecular weight excluding hydrogens is 348 g/mol. The molecule has 27 heavy (non-hydrogen) atoms. The standard InChI is InChI=1S/C20H30N2O5/c1-4-5-10-20(2,25-3)19(24)21-16-6-8-17(9-7-16)27-15-18(23)22-11-13-26-14-12-22/h6-9H,4-5,10-15H2,1-3H3,(H,21,24). The number of methoxy groups -OCH3 is 1. The lowest BCUT2D eigenvalue weighted by Crippen LogP contribution is -2.43. The van der Waals surface area contributed by atoms with Crippen LogP contribution in [0.5, 0.6) is 5.75 Å².